The van der Waals surface area contributed by atoms with E-state index in [0.717, 1.165) is 4.70 Å². The molecule has 1 aromatic heterocycles. The lowest BCUT2D eigenvalue weighted by atomic mass is 10.3. The number of hydrogen-bond donors (Lipinski definition) is 2. The number of anilines is 2. The molecular weight excluding hydrogens is 402 g/mol. The second-order valence-corrected chi connectivity index (χ2v) is 8.41. The number of ether oxygens (including phenoxy) is 2. The minimum atomic E-state index is -3.92. The standard InChI is InChI=1S/C18H19N3O5S2/c1-4-17(22)20-18-19-13-9-11(5-8-15(13)27-18)21-28(23,24)16-10-12(25-2)6-7-14(16)26-3/h5-10,21H,4H2,1-3H3,(H,19,20,22). The van der Waals surface area contributed by atoms with Gasteiger partial charge in [-0.25, -0.2) is 13.4 Å². The van der Waals surface area contributed by atoms with E-state index in [0.29, 0.717) is 28.5 Å². The van der Waals surface area contributed by atoms with Gasteiger partial charge < -0.3 is 14.8 Å². The first-order valence-corrected chi connectivity index (χ1v) is 10.6. The van der Waals surface area contributed by atoms with Crippen molar-refractivity contribution >= 4 is 48.3 Å². The Labute approximate surface area is 166 Å². The SMILES string of the molecule is CCC(=O)Nc1nc2cc(NS(=O)(=O)c3cc(OC)ccc3OC)ccc2s1. The largest absolute Gasteiger partial charge is 0.497 e. The van der Waals surface area contributed by atoms with E-state index in [1.54, 1.807) is 31.2 Å². The van der Waals surface area contributed by atoms with Crippen LogP contribution in [0.4, 0.5) is 10.8 Å². The minimum absolute atomic E-state index is 0.0383. The van der Waals surface area contributed by atoms with Gasteiger partial charge in [0.25, 0.3) is 10.0 Å². The molecule has 0 unspecified atom stereocenters. The zero-order valence-corrected chi connectivity index (χ0v) is 17.1. The molecule has 2 aromatic carbocycles. The molecular formula is C18H19N3O5S2. The molecule has 0 atom stereocenters. The molecule has 2 N–H and O–H groups in total. The molecule has 0 aliphatic heterocycles. The normalized spacial score (nSPS) is 11.2. The van der Waals surface area contributed by atoms with Crippen LogP contribution >= 0.6 is 11.3 Å². The van der Waals surface area contributed by atoms with E-state index in [2.05, 4.69) is 15.0 Å². The highest BCUT2D eigenvalue weighted by Crippen LogP contribution is 2.32. The number of carbonyl (C=O) groups excluding carboxylic acids is 1. The average molecular weight is 422 g/mol. The van der Waals surface area contributed by atoms with Crippen molar-refractivity contribution in [1.82, 2.24) is 4.98 Å². The zero-order chi connectivity index (χ0) is 20.3. The number of thiazole rings is 1. The third kappa shape index (κ3) is 4.18. The zero-order valence-electron chi connectivity index (χ0n) is 15.5. The molecule has 0 fully saturated rings. The van der Waals surface area contributed by atoms with Gasteiger partial charge >= 0.3 is 0 Å². The van der Waals surface area contributed by atoms with Crippen LogP contribution in [0.1, 0.15) is 13.3 Å². The molecule has 0 aliphatic rings. The van der Waals surface area contributed by atoms with E-state index in [1.807, 2.05) is 0 Å². The molecule has 1 amide bonds. The van der Waals surface area contributed by atoms with Crippen LogP contribution in [0.3, 0.4) is 0 Å². The Morgan fingerprint density at radius 2 is 1.93 bits per heavy atom. The topological polar surface area (TPSA) is 107 Å². The van der Waals surface area contributed by atoms with Crippen LogP contribution in [0.25, 0.3) is 10.2 Å². The van der Waals surface area contributed by atoms with Gasteiger partial charge in [-0.3, -0.25) is 9.52 Å². The summed E-state index contributed by atoms with van der Waals surface area (Å²) < 4.78 is 39.3. The number of methoxy groups -OCH3 is 2. The predicted octanol–water partition coefficient (Wildman–Crippen LogP) is 3.46. The van der Waals surface area contributed by atoms with Gasteiger partial charge in [-0.2, -0.15) is 0 Å². The highest BCUT2D eigenvalue weighted by molar-refractivity contribution is 7.92. The number of nitrogens with zero attached hydrogens (tertiary/aromatic N) is 1. The van der Waals surface area contributed by atoms with Crippen LogP contribution in [0.15, 0.2) is 41.3 Å². The summed E-state index contributed by atoms with van der Waals surface area (Å²) in [5, 5.41) is 3.17. The van der Waals surface area contributed by atoms with Gasteiger partial charge in [0.15, 0.2) is 5.13 Å². The second kappa shape index (κ2) is 8.03. The van der Waals surface area contributed by atoms with Crippen LogP contribution in [0.2, 0.25) is 0 Å². The van der Waals surface area contributed by atoms with Gasteiger partial charge in [-0.1, -0.05) is 18.3 Å². The number of nitrogens with one attached hydrogen (secondary N) is 2. The number of carbonyl (C=O) groups is 1. The highest BCUT2D eigenvalue weighted by atomic mass is 32.2. The monoisotopic (exact) mass is 421 g/mol. The smallest absolute Gasteiger partial charge is 0.265 e. The van der Waals surface area contributed by atoms with Gasteiger partial charge in [0, 0.05) is 12.5 Å². The maximum Gasteiger partial charge on any atom is 0.265 e. The van der Waals surface area contributed by atoms with Crippen molar-refractivity contribution < 1.29 is 22.7 Å². The summed E-state index contributed by atoms with van der Waals surface area (Å²) in [6.45, 7) is 1.75. The van der Waals surface area contributed by atoms with Crippen molar-refractivity contribution in [1.29, 1.82) is 0 Å². The van der Waals surface area contributed by atoms with E-state index < -0.39 is 10.0 Å². The molecule has 0 aliphatic carbocycles. The fourth-order valence-corrected chi connectivity index (χ4v) is 4.55. The molecule has 10 heteroatoms. The predicted molar refractivity (Wildman–Crippen MR) is 109 cm³/mol. The highest BCUT2D eigenvalue weighted by Gasteiger charge is 2.21. The molecule has 0 spiro atoms. The molecule has 0 radical (unpaired) electrons. The molecule has 148 valence electrons. The summed E-state index contributed by atoms with van der Waals surface area (Å²) in [5.41, 5.74) is 0.922. The first-order chi connectivity index (χ1) is 13.4. The summed E-state index contributed by atoms with van der Waals surface area (Å²) >= 11 is 1.32. The summed E-state index contributed by atoms with van der Waals surface area (Å²) in [6, 6.07) is 9.52. The number of amides is 1. The molecule has 28 heavy (non-hydrogen) atoms. The summed E-state index contributed by atoms with van der Waals surface area (Å²) in [7, 11) is -1.07. The maximum atomic E-state index is 12.9. The minimum Gasteiger partial charge on any atom is -0.497 e. The first-order valence-electron chi connectivity index (χ1n) is 8.31. The fourth-order valence-electron chi connectivity index (χ4n) is 2.46. The lowest BCUT2D eigenvalue weighted by Gasteiger charge is -2.12. The quantitative estimate of drug-likeness (QED) is 0.605. The van der Waals surface area contributed by atoms with Crippen molar-refractivity contribution in [2.45, 2.75) is 18.2 Å². The van der Waals surface area contributed by atoms with Gasteiger partial charge in [-0.05, 0) is 30.3 Å². The fraction of sp³-hybridized carbons (Fsp3) is 0.222. The Morgan fingerprint density at radius 3 is 2.61 bits per heavy atom. The number of rotatable bonds is 7. The molecule has 1 heterocycles. The number of fused-ring (bicyclic) bond motifs is 1. The van der Waals surface area contributed by atoms with Gasteiger partial charge in [0.1, 0.15) is 16.4 Å². The van der Waals surface area contributed by atoms with Crippen LogP contribution in [0.5, 0.6) is 11.5 Å². The van der Waals surface area contributed by atoms with Crippen molar-refractivity contribution in [3.63, 3.8) is 0 Å². The van der Waals surface area contributed by atoms with Crippen LogP contribution in [-0.4, -0.2) is 33.5 Å². The van der Waals surface area contributed by atoms with E-state index >= 15 is 0 Å². The lowest BCUT2D eigenvalue weighted by molar-refractivity contribution is -0.115. The third-order valence-corrected chi connectivity index (χ3v) is 6.22. The molecule has 0 saturated carbocycles. The Balaban J connectivity index is 1.92. The van der Waals surface area contributed by atoms with Crippen molar-refractivity contribution in [2.24, 2.45) is 0 Å². The maximum absolute atomic E-state index is 12.9. The van der Waals surface area contributed by atoms with Crippen molar-refractivity contribution in [2.75, 3.05) is 24.3 Å². The third-order valence-electron chi connectivity index (χ3n) is 3.87. The van der Waals surface area contributed by atoms with Gasteiger partial charge in [0.05, 0.1) is 30.1 Å². The summed E-state index contributed by atoms with van der Waals surface area (Å²) in [5.74, 6) is 0.463. The average Bonchev–Trinajstić information content (AvgIpc) is 3.08. The van der Waals surface area contributed by atoms with Gasteiger partial charge in [-0.15, -0.1) is 0 Å². The number of hydrogen-bond acceptors (Lipinski definition) is 7. The summed E-state index contributed by atoms with van der Waals surface area (Å²) in [6.07, 6.45) is 0.351. The van der Waals surface area contributed by atoms with E-state index in [4.69, 9.17) is 9.47 Å². The molecule has 0 saturated heterocycles. The Kier molecular flexibility index (Phi) is 5.71. The number of aromatic nitrogens is 1. The molecule has 0 bridgehead atoms. The van der Waals surface area contributed by atoms with E-state index in [-0.39, 0.29) is 16.6 Å². The lowest BCUT2D eigenvalue weighted by Crippen LogP contribution is -2.14. The first kappa shape index (κ1) is 19.9. The second-order valence-electron chi connectivity index (χ2n) is 5.73. The van der Waals surface area contributed by atoms with Crippen LogP contribution < -0.4 is 19.5 Å². The molecule has 8 nitrogen and oxygen atoms in total. The van der Waals surface area contributed by atoms with Crippen LogP contribution in [0, 0.1) is 0 Å². The number of benzene rings is 2. The van der Waals surface area contributed by atoms with Crippen molar-refractivity contribution in [3.8, 4) is 11.5 Å². The molecule has 3 aromatic rings. The van der Waals surface area contributed by atoms with Crippen LogP contribution in [-0.2, 0) is 14.8 Å². The van der Waals surface area contributed by atoms with E-state index in [1.165, 1.54) is 37.7 Å². The Bertz CT molecular complexity index is 1130. The number of sulfonamides is 1. The van der Waals surface area contributed by atoms with E-state index in [9.17, 15) is 13.2 Å². The Morgan fingerprint density at radius 1 is 1.14 bits per heavy atom. The Hall–Kier alpha value is -2.85. The summed E-state index contributed by atoms with van der Waals surface area (Å²) in [4.78, 5) is 15.8. The molecule has 3 rings (SSSR count). The van der Waals surface area contributed by atoms with Gasteiger partial charge in [0.2, 0.25) is 5.91 Å². The van der Waals surface area contributed by atoms with Crippen molar-refractivity contribution in [3.05, 3.63) is 36.4 Å².